The molecule has 78 valence electrons. The molecule has 1 heteroatoms. The zero-order valence-electron chi connectivity index (χ0n) is 9.06. The van der Waals surface area contributed by atoms with Gasteiger partial charge in [0.15, 0.2) is 0 Å². The van der Waals surface area contributed by atoms with Crippen molar-refractivity contribution in [1.82, 2.24) is 4.98 Å². The zero-order valence-corrected chi connectivity index (χ0v) is 9.06. The molecule has 2 aromatic rings. The molecule has 3 rings (SSSR count). The molecule has 0 fully saturated rings. The second-order valence-electron chi connectivity index (χ2n) is 4.09. The summed E-state index contributed by atoms with van der Waals surface area (Å²) in [5.41, 5.74) is 5.19. The normalized spacial score (nSPS) is 16.4. The smallest absolute Gasteiger partial charge is 0.0693 e. The van der Waals surface area contributed by atoms with Crippen LogP contribution >= 0.6 is 0 Å². The molecule has 0 bridgehead atoms. The monoisotopic (exact) mass is 207 g/mol. The predicted molar refractivity (Wildman–Crippen MR) is 66.9 cm³/mol. The van der Waals surface area contributed by atoms with E-state index in [-0.39, 0.29) is 0 Å². The van der Waals surface area contributed by atoms with Crippen LogP contribution < -0.4 is 0 Å². The lowest BCUT2D eigenvalue weighted by Crippen LogP contribution is -1.84. The summed E-state index contributed by atoms with van der Waals surface area (Å²) in [6.07, 6.45) is 6.37. The van der Waals surface area contributed by atoms with Crippen LogP contribution in [-0.4, -0.2) is 4.98 Å². The van der Waals surface area contributed by atoms with Crippen LogP contribution in [0.3, 0.4) is 0 Å². The Morgan fingerprint density at radius 3 is 2.69 bits per heavy atom. The fourth-order valence-corrected chi connectivity index (χ4v) is 2.21. The van der Waals surface area contributed by atoms with Crippen LogP contribution in [0.5, 0.6) is 0 Å². The fraction of sp³-hybridized carbons (Fsp3) is 0.133. The van der Waals surface area contributed by atoms with Crippen molar-refractivity contribution in [2.75, 3.05) is 0 Å². The lowest BCUT2D eigenvalue weighted by molar-refractivity contribution is 1.08. The maximum Gasteiger partial charge on any atom is 0.0693 e. The van der Waals surface area contributed by atoms with Crippen molar-refractivity contribution in [3.05, 3.63) is 65.5 Å². The Kier molecular flexibility index (Phi) is 2.30. The summed E-state index contributed by atoms with van der Waals surface area (Å²) in [6.45, 7) is 0. The van der Waals surface area contributed by atoms with E-state index in [1.807, 2.05) is 18.3 Å². The van der Waals surface area contributed by atoms with Crippen molar-refractivity contribution in [2.24, 2.45) is 0 Å². The van der Waals surface area contributed by atoms with Gasteiger partial charge in [0, 0.05) is 6.20 Å². The predicted octanol–water partition coefficient (Wildman–Crippen LogP) is 3.57. The van der Waals surface area contributed by atoms with Crippen LogP contribution in [0.4, 0.5) is 0 Å². The Morgan fingerprint density at radius 1 is 0.938 bits per heavy atom. The molecule has 0 atom stereocenters. The van der Waals surface area contributed by atoms with Gasteiger partial charge in [-0.05, 0) is 41.7 Å². The first-order valence-corrected chi connectivity index (χ1v) is 5.63. The van der Waals surface area contributed by atoms with E-state index < -0.39 is 0 Å². The molecule has 16 heavy (non-hydrogen) atoms. The molecule has 0 spiro atoms. The first kappa shape index (κ1) is 9.34. The van der Waals surface area contributed by atoms with Crippen molar-refractivity contribution >= 4 is 11.6 Å². The molecule has 1 aromatic heterocycles. The van der Waals surface area contributed by atoms with E-state index in [0.717, 1.165) is 12.8 Å². The zero-order chi connectivity index (χ0) is 10.8. The van der Waals surface area contributed by atoms with Gasteiger partial charge in [-0.1, -0.05) is 36.4 Å². The van der Waals surface area contributed by atoms with Gasteiger partial charge >= 0.3 is 0 Å². The van der Waals surface area contributed by atoms with Crippen molar-refractivity contribution in [3.8, 4) is 0 Å². The molecule has 1 aromatic carbocycles. The molecule has 0 N–H and O–H groups in total. The highest BCUT2D eigenvalue weighted by atomic mass is 14.7. The third-order valence-corrected chi connectivity index (χ3v) is 3.00. The van der Waals surface area contributed by atoms with Crippen LogP contribution in [0.25, 0.3) is 11.6 Å². The molecule has 1 aliphatic carbocycles. The maximum atomic E-state index is 4.47. The van der Waals surface area contributed by atoms with Gasteiger partial charge in [-0.15, -0.1) is 0 Å². The van der Waals surface area contributed by atoms with Crippen LogP contribution in [0.15, 0.2) is 48.7 Å². The number of benzene rings is 1. The van der Waals surface area contributed by atoms with Gasteiger partial charge in [0.2, 0.25) is 0 Å². The van der Waals surface area contributed by atoms with E-state index in [1.54, 1.807) is 0 Å². The Balaban J connectivity index is 2.02. The molecule has 0 radical (unpaired) electrons. The quantitative estimate of drug-likeness (QED) is 0.696. The van der Waals surface area contributed by atoms with E-state index in [0.29, 0.717) is 0 Å². The largest absolute Gasteiger partial charge is 0.256 e. The number of nitrogens with zero attached hydrogens (tertiary/aromatic N) is 1. The molecular weight excluding hydrogens is 194 g/mol. The first-order valence-electron chi connectivity index (χ1n) is 5.63. The summed E-state index contributed by atoms with van der Waals surface area (Å²) in [5, 5.41) is 0. The van der Waals surface area contributed by atoms with Gasteiger partial charge in [-0.2, -0.15) is 0 Å². The van der Waals surface area contributed by atoms with Crippen LogP contribution in [0, 0.1) is 0 Å². The van der Waals surface area contributed by atoms with Crippen molar-refractivity contribution in [3.63, 3.8) is 0 Å². The third-order valence-electron chi connectivity index (χ3n) is 3.00. The average molecular weight is 207 g/mol. The highest BCUT2D eigenvalue weighted by Crippen LogP contribution is 2.31. The van der Waals surface area contributed by atoms with E-state index in [2.05, 4.69) is 41.4 Å². The first-order chi connectivity index (χ1) is 7.93. The minimum absolute atomic E-state index is 1.11. The van der Waals surface area contributed by atoms with E-state index in [4.69, 9.17) is 0 Å². The Hall–Kier alpha value is -1.89. The van der Waals surface area contributed by atoms with Crippen LogP contribution in [0.1, 0.15) is 23.2 Å². The minimum atomic E-state index is 1.11. The Labute approximate surface area is 95.5 Å². The van der Waals surface area contributed by atoms with E-state index in [1.165, 1.54) is 22.4 Å². The number of aromatic nitrogens is 1. The Bertz CT molecular complexity index is 526. The number of rotatable bonds is 1. The number of aryl methyl sites for hydroxylation is 1. The van der Waals surface area contributed by atoms with Crippen molar-refractivity contribution in [2.45, 2.75) is 12.8 Å². The second kappa shape index (κ2) is 3.93. The highest BCUT2D eigenvalue weighted by molar-refractivity contribution is 5.83. The van der Waals surface area contributed by atoms with Gasteiger partial charge in [0.05, 0.1) is 5.69 Å². The van der Waals surface area contributed by atoms with Gasteiger partial charge in [0.1, 0.15) is 0 Å². The molecule has 0 aliphatic heterocycles. The summed E-state index contributed by atoms with van der Waals surface area (Å²) >= 11 is 0. The van der Waals surface area contributed by atoms with Crippen molar-refractivity contribution < 1.29 is 0 Å². The topological polar surface area (TPSA) is 12.9 Å². The lowest BCUT2D eigenvalue weighted by atomic mass is 10.1. The van der Waals surface area contributed by atoms with Gasteiger partial charge in [-0.3, -0.25) is 4.98 Å². The lowest BCUT2D eigenvalue weighted by Gasteiger charge is -1.99. The number of hydrogen-bond acceptors (Lipinski definition) is 1. The molecule has 1 aliphatic rings. The van der Waals surface area contributed by atoms with Gasteiger partial charge < -0.3 is 0 Å². The molecular formula is C15H13N. The third kappa shape index (κ3) is 1.65. The SMILES string of the molecule is C(=C1/CCc2cccnc21)/c1ccccc1. The highest BCUT2D eigenvalue weighted by Gasteiger charge is 2.16. The van der Waals surface area contributed by atoms with E-state index >= 15 is 0 Å². The number of allylic oxidation sites excluding steroid dienone is 1. The maximum absolute atomic E-state index is 4.47. The van der Waals surface area contributed by atoms with Crippen molar-refractivity contribution in [1.29, 1.82) is 0 Å². The second-order valence-corrected chi connectivity index (χ2v) is 4.09. The van der Waals surface area contributed by atoms with Gasteiger partial charge in [0.25, 0.3) is 0 Å². The summed E-state index contributed by atoms with van der Waals surface area (Å²) in [7, 11) is 0. The molecule has 1 heterocycles. The molecule has 0 amide bonds. The summed E-state index contributed by atoms with van der Waals surface area (Å²) in [4.78, 5) is 4.47. The molecule has 0 unspecified atom stereocenters. The molecule has 1 nitrogen and oxygen atoms in total. The average Bonchev–Trinajstić information content (AvgIpc) is 2.74. The summed E-state index contributed by atoms with van der Waals surface area (Å²) in [5.74, 6) is 0. The van der Waals surface area contributed by atoms with E-state index in [9.17, 15) is 0 Å². The fourth-order valence-electron chi connectivity index (χ4n) is 2.21. The van der Waals surface area contributed by atoms with Crippen LogP contribution in [0.2, 0.25) is 0 Å². The molecule has 0 saturated carbocycles. The Morgan fingerprint density at radius 2 is 1.81 bits per heavy atom. The summed E-state index contributed by atoms with van der Waals surface area (Å²) < 4.78 is 0. The minimum Gasteiger partial charge on any atom is -0.256 e. The standard InChI is InChI=1S/C15H13N/c1-2-5-12(6-3-1)11-14-9-8-13-7-4-10-16-15(13)14/h1-7,10-11H,8-9H2/b14-11+. The number of pyridine rings is 1. The molecule has 0 saturated heterocycles. The van der Waals surface area contributed by atoms with Crippen LogP contribution in [-0.2, 0) is 6.42 Å². The number of fused-ring (bicyclic) bond motifs is 1. The summed E-state index contributed by atoms with van der Waals surface area (Å²) in [6, 6.07) is 14.6. The van der Waals surface area contributed by atoms with Gasteiger partial charge in [-0.25, -0.2) is 0 Å². The number of hydrogen-bond donors (Lipinski definition) is 0.